The summed E-state index contributed by atoms with van der Waals surface area (Å²) in [6, 6.07) is 9.56. The molecule has 104 valence electrons. The van der Waals surface area contributed by atoms with Crippen LogP contribution in [0.2, 0.25) is 0 Å². The van der Waals surface area contributed by atoms with Gasteiger partial charge < -0.3 is 14.6 Å². The molecular weight excluding hydrogens is 254 g/mol. The lowest BCUT2D eigenvalue weighted by molar-refractivity contribution is -0.132. The summed E-state index contributed by atoms with van der Waals surface area (Å²) in [7, 11) is 0. The first-order valence-corrected chi connectivity index (χ1v) is 6.79. The minimum Gasteiger partial charge on any atom is -0.493 e. The third-order valence-corrected chi connectivity index (χ3v) is 3.46. The van der Waals surface area contributed by atoms with Gasteiger partial charge in [0.05, 0.1) is 37.3 Å². The molecule has 0 bridgehead atoms. The van der Waals surface area contributed by atoms with Crippen LogP contribution in [0.25, 0.3) is 0 Å². The molecule has 1 aromatic heterocycles. The number of hydrogen-bond donors (Lipinski definition) is 1. The Bertz CT molecular complexity index is 580. The number of ether oxygens (including phenoxy) is 1. The molecule has 5 nitrogen and oxygen atoms in total. The second-order valence-corrected chi connectivity index (χ2v) is 4.80. The molecule has 1 aromatic carbocycles. The number of amides is 1. The molecule has 20 heavy (non-hydrogen) atoms. The molecule has 0 aliphatic carbocycles. The first-order valence-electron chi connectivity index (χ1n) is 6.79. The van der Waals surface area contributed by atoms with Crippen molar-refractivity contribution in [1.82, 2.24) is 14.9 Å². The summed E-state index contributed by atoms with van der Waals surface area (Å²) < 4.78 is 5.55. The molecule has 3 rings (SSSR count). The van der Waals surface area contributed by atoms with Gasteiger partial charge in [0.1, 0.15) is 5.75 Å². The predicted molar refractivity (Wildman–Crippen MR) is 74.3 cm³/mol. The molecule has 5 heteroatoms. The number of carbonyl (C=O) groups excluding carboxylic acids is 1. The molecule has 0 atom stereocenters. The van der Waals surface area contributed by atoms with E-state index in [1.807, 2.05) is 35.2 Å². The number of aromatic nitrogens is 2. The quantitative estimate of drug-likeness (QED) is 0.922. The number of para-hydroxylation sites is 1. The van der Waals surface area contributed by atoms with Crippen LogP contribution >= 0.6 is 0 Å². The van der Waals surface area contributed by atoms with Gasteiger partial charge >= 0.3 is 0 Å². The topological polar surface area (TPSA) is 58.2 Å². The second-order valence-electron chi connectivity index (χ2n) is 4.80. The molecule has 1 amide bonds. The number of nitrogens with one attached hydrogen (secondary N) is 1. The third-order valence-electron chi connectivity index (χ3n) is 3.46. The lowest BCUT2D eigenvalue weighted by Gasteiger charge is -2.26. The third kappa shape index (κ3) is 2.82. The summed E-state index contributed by atoms with van der Waals surface area (Å²) in [4.78, 5) is 21.3. The van der Waals surface area contributed by atoms with E-state index in [4.69, 9.17) is 4.74 Å². The van der Waals surface area contributed by atoms with Crippen LogP contribution in [0.3, 0.4) is 0 Å². The normalized spacial score (nSPS) is 13.9. The number of imidazole rings is 1. The Labute approximate surface area is 117 Å². The van der Waals surface area contributed by atoms with E-state index >= 15 is 0 Å². The number of H-pyrrole nitrogens is 1. The van der Waals surface area contributed by atoms with Crippen LogP contribution in [0.15, 0.2) is 36.7 Å². The van der Waals surface area contributed by atoms with Crippen molar-refractivity contribution in [2.45, 2.75) is 19.4 Å². The van der Waals surface area contributed by atoms with Crippen molar-refractivity contribution in [1.29, 1.82) is 0 Å². The average molecular weight is 271 g/mol. The van der Waals surface area contributed by atoms with Crippen molar-refractivity contribution in [2.24, 2.45) is 0 Å². The molecule has 2 aromatic rings. The molecule has 0 radical (unpaired) electrons. The van der Waals surface area contributed by atoms with Crippen LogP contribution in [-0.4, -0.2) is 33.9 Å². The fourth-order valence-corrected chi connectivity index (χ4v) is 2.36. The van der Waals surface area contributed by atoms with E-state index < -0.39 is 0 Å². The van der Waals surface area contributed by atoms with Crippen LogP contribution in [0, 0.1) is 0 Å². The van der Waals surface area contributed by atoms with E-state index in [-0.39, 0.29) is 5.91 Å². The van der Waals surface area contributed by atoms with Crippen LogP contribution < -0.4 is 4.74 Å². The maximum absolute atomic E-state index is 12.1. The van der Waals surface area contributed by atoms with E-state index in [0.717, 1.165) is 30.1 Å². The molecule has 0 saturated heterocycles. The molecular formula is C15H17N3O2. The fourth-order valence-electron chi connectivity index (χ4n) is 2.36. The van der Waals surface area contributed by atoms with Gasteiger partial charge in [-0.25, -0.2) is 4.98 Å². The van der Waals surface area contributed by atoms with Crippen molar-refractivity contribution in [3.05, 3.63) is 48.0 Å². The van der Waals surface area contributed by atoms with Crippen molar-refractivity contribution in [2.75, 3.05) is 13.2 Å². The number of hydrogen-bond acceptors (Lipinski definition) is 3. The highest BCUT2D eigenvalue weighted by molar-refractivity contribution is 5.76. The first kappa shape index (κ1) is 12.7. The number of carbonyl (C=O) groups is 1. The summed E-state index contributed by atoms with van der Waals surface area (Å²) in [5.41, 5.74) is 2.13. The molecule has 0 spiro atoms. The maximum Gasteiger partial charge on any atom is 0.226 e. The zero-order chi connectivity index (χ0) is 13.8. The van der Waals surface area contributed by atoms with Gasteiger partial charge in [-0.05, 0) is 12.1 Å². The van der Waals surface area contributed by atoms with Gasteiger partial charge in [-0.3, -0.25) is 4.79 Å². The minimum absolute atomic E-state index is 0.126. The molecule has 1 aliphatic rings. The van der Waals surface area contributed by atoms with Gasteiger partial charge in [-0.2, -0.15) is 0 Å². The van der Waals surface area contributed by atoms with Gasteiger partial charge in [0.25, 0.3) is 0 Å². The Hall–Kier alpha value is -2.30. The van der Waals surface area contributed by atoms with Gasteiger partial charge in [-0.1, -0.05) is 18.2 Å². The van der Waals surface area contributed by atoms with Crippen molar-refractivity contribution in [3.8, 4) is 5.75 Å². The summed E-state index contributed by atoms with van der Waals surface area (Å²) in [6.07, 6.45) is 2.92. The number of nitrogens with zero attached hydrogens (tertiary/aromatic N) is 2. The van der Waals surface area contributed by atoms with Crippen molar-refractivity contribution < 1.29 is 9.53 Å². The predicted octanol–water partition coefficient (Wildman–Crippen LogP) is 1.76. The van der Waals surface area contributed by atoms with Crippen LogP contribution in [0.4, 0.5) is 0 Å². The molecule has 2 heterocycles. The summed E-state index contributed by atoms with van der Waals surface area (Å²) in [5, 5.41) is 0. The highest BCUT2D eigenvalue weighted by Gasteiger charge is 2.21. The molecule has 0 unspecified atom stereocenters. The SMILES string of the molecule is O=C(CCOc1ccccc1)N1CCc2nc[nH]c2C1. The Morgan fingerprint density at radius 3 is 3.05 bits per heavy atom. The highest BCUT2D eigenvalue weighted by Crippen LogP contribution is 2.16. The summed E-state index contributed by atoms with van der Waals surface area (Å²) in [6.45, 7) is 1.77. The lowest BCUT2D eigenvalue weighted by atomic mass is 10.1. The Kier molecular flexibility index (Phi) is 3.67. The van der Waals surface area contributed by atoms with Gasteiger partial charge in [-0.15, -0.1) is 0 Å². The smallest absolute Gasteiger partial charge is 0.226 e. The Morgan fingerprint density at radius 2 is 2.20 bits per heavy atom. The van der Waals surface area contributed by atoms with Crippen molar-refractivity contribution in [3.63, 3.8) is 0 Å². The number of fused-ring (bicyclic) bond motifs is 1. The van der Waals surface area contributed by atoms with Crippen LogP contribution in [-0.2, 0) is 17.8 Å². The van der Waals surface area contributed by atoms with Crippen LogP contribution in [0.1, 0.15) is 17.8 Å². The zero-order valence-corrected chi connectivity index (χ0v) is 11.2. The number of benzene rings is 1. The van der Waals surface area contributed by atoms with Gasteiger partial charge in [0, 0.05) is 13.0 Å². The zero-order valence-electron chi connectivity index (χ0n) is 11.2. The minimum atomic E-state index is 0.126. The van der Waals surface area contributed by atoms with Crippen molar-refractivity contribution >= 4 is 5.91 Å². The van der Waals surface area contributed by atoms with E-state index in [9.17, 15) is 4.79 Å². The standard InChI is InChI=1S/C15H17N3O2/c19-15(7-9-20-12-4-2-1-3-5-12)18-8-6-13-14(10-18)17-11-16-13/h1-5,11H,6-10H2,(H,16,17). The van der Waals surface area contributed by atoms with E-state index in [2.05, 4.69) is 9.97 Å². The fraction of sp³-hybridized carbons (Fsp3) is 0.333. The Morgan fingerprint density at radius 1 is 1.35 bits per heavy atom. The second kappa shape index (κ2) is 5.77. The van der Waals surface area contributed by atoms with E-state index in [0.29, 0.717) is 19.6 Å². The van der Waals surface area contributed by atoms with Gasteiger partial charge in [0.15, 0.2) is 0 Å². The number of rotatable bonds is 4. The largest absolute Gasteiger partial charge is 0.493 e. The first-order chi connectivity index (χ1) is 9.83. The van der Waals surface area contributed by atoms with Crippen LogP contribution in [0.5, 0.6) is 5.75 Å². The summed E-state index contributed by atoms with van der Waals surface area (Å²) >= 11 is 0. The van der Waals surface area contributed by atoms with E-state index in [1.165, 1.54) is 0 Å². The molecule has 0 fully saturated rings. The molecule has 1 aliphatic heterocycles. The lowest BCUT2D eigenvalue weighted by Crippen LogP contribution is -2.36. The van der Waals surface area contributed by atoms with Gasteiger partial charge in [0.2, 0.25) is 5.91 Å². The highest BCUT2D eigenvalue weighted by atomic mass is 16.5. The molecule has 0 saturated carbocycles. The van der Waals surface area contributed by atoms with E-state index in [1.54, 1.807) is 6.33 Å². The summed E-state index contributed by atoms with van der Waals surface area (Å²) in [5.74, 6) is 0.927. The monoisotopic (exact) mass is 271 g/mol. The Balaban J connectivity index is 1.48. The maximum atomic E-state index is 12.1. The molecule has 1 N–H and O–H groups in total. The average Bonchev–Trinajstić information content (AvgIpc) is 2.95. The number of aromatic amines is 1.